The number of benzene rings is 1. The summed E-state index contributed by atoms with van der Waals surface area (Å²) in [4.78, 5) is 18.0. The zero-order valence-corrected chi connectivity index (χ0v) is 13.2. The number of hydrogen-bond donors (Lipinski definition) is 0. The lowest BCUT2D eigenvalue weighted by Gasteiger charge is -2.23. The molecule has 3 rings (SSSR count). The van der Waals surface area contributed by atoms with Gasteiger partial charge in [-0.1, -0.05) is 18.2 Å². The average molecular weight is 310 g/mol. The summed E-state index contributed by atoms with van der Waals surface area (Å²) < 4.78 is 10.5. The number of carbonyl (C=O) groups excluding carboxylic acids is 1. The molecule has 0 N–H and O–H groups in total. The number of carbonyl (C=O) groups is 1. The van der Waals surface area contributed by atoms with Crippen molar-refractivity contribution in [1.29, 1.82) is 0 Å². The number of amides is 1. The minimum atomic E-state index is 0.0210. The van der Waals surface area contributed by atoms with Crippen LogP contribution in [0.1, 0.15) is 6.42 Å². The zero-order chi connectivity index (χ0) is 16.2. The molecule has 1 aliphatic heterocycles. The maximum absolute atomic E-state index is 11.9. The van der Waals surface area contributed by atoms with Gasteiger partial charge in [-0.15, -0.1) is 0 Å². The van der Waals surface area contributed by atoms with Gasteiger partial charge >= 0.3 is 0 Å². The molecular formula is C18H18N2O3. The van der Waals surface area contributed by atoms with Crippen LogP contribution in [0.3, 0.4) is 0 Å². The Bertz CT molecular complexity index is 738. The fourth-order valence-electron chi connectivity index (χ4n) is 2.58. The topological polar surface area (TPSA) is 51.7 Å². The van der Waals surface area contributed by atoms with Crippen molar-refractivity contribution in [3.8, 4) is 22.9 Å². The van der Waals surface area contributed by atoms with Gasteiger partial charge < -0.3 is 14.4 Å². The third kappa shape index (κ3) is 3.04. The van der Waals surface area contributed by atoms with E-state index in [-0.39, 0.29) is 5.91 Å². The SMILES string of the molecule is COc1ccc(-c2ccc(N3CCC=CC3=O)cc2)c(OC)n1. The maximum atomic E-state index is 11.9. The van der Waals surface area contributed by atoms with Crippen molar-refractivity contribution in [3.05, 3.63) is 48.6 Å². The van der Waals surface area contributed by atoms with E-state index in [0.29, 0.717) is 18.3 Å². The highest BCUT2D eigenvalue weighted by Crippen LogP contribution is 2.31. The fraction of sp³-hybridized carbons (Fsp3) is 0.222. The molecule has 23 heavy (non-hydrogen) atoms. The Morgan fingerprint density at radius 3 is 2.48 bits per heavy atom. The number of ether oxygens (including phenoxy) is 2. The Balaban J connectivity index is 1.90. The van der Waals surface area contributed by atoms with Crippen LogP contribution in [-0.4, -0.2) is 31.7 Å². The molecule has 2 aromatic rings. The van der Waals surface area contributed by atoms with Crippen LogP contribution in [0.15, 0.2) is 48.6 Å². The summed E-state index contributed by atoms with van der Waals surface area (Å²) >= 11 is 0. The van der Waals surface area contributed by atoms with Gasteiger partial charge in [0.05, 0.1) is 14.2 Å². The van der Waals surface area contributed by atoms with Crippen LogP contribution in [0.2, 0.25) is 0 Å². The van der Waals surface area contributed by atoms with Crippen molar-refractivity contribution in [2.45, 2.75) is 6.42 Å². The van der Waals surface area contributed by atoms with Crippen LogP contribution in [0.25, 0.3) is 11.1 Å². The average Bonchev–Trinajstić information content (AvgIpc) is 2.62. The lowest BCUT2D eigenvalue weighted by molar-refractivity contribution is -0.114. The molecule has 5 heteroatoms. The molecule has 1 aromatic carbocycles. The van der Waals surface area contributed by atoms with Crippen LogP contribution in [0.4, 0.5) is 5.69 Å². The van der Waals surface area contributed by atoms with Crippen molar-refractivity contribution in [1.82, 2.24) is 4.98 Å². The van der Waals surface area contributed by atoms with Gasteiger partial charge in [-0.3, -0.25) is 4.79 Å². The van der Waals surface area contributed by atoms with Crippen molar-refractivity contribution >= 4 is 11.6 Å². The van der Waals surface area contributed by atoms with E-state index in [1.54, 1.807) is 31.3 Å². The van der Waals surface area contributed by atoms with Gasteiger partial charge in [0.2, 0.25) is 11.8 Å². The highest BCUT2D eigenvalue weighted by Gasteiger charge is 2.16. The lowest BCUT2D eigenvalue weighted by Crippen LogP contribution is -2.32. The first-order valence-corrected chi connectivity index (χ1v) is 7.40. The molecule has 2 heterocycles. The molecule has 1 amide bonds. The van der Waals surface area contributed by atoms with Gasteiger partial charge in [0.1, 0.15) is 0 Å². The van der Waals surface area contributed by atoms with Crippen molar-refractivity contribution < 1.29 is 14.3 Å². The van der Waals surface area contributed by atoms with Crippen molar-refractivity contribution in [2.75, 3.05) is 25.7 Å². The van der Waals surface area contributed by atoms with Crippen LogP contribution < -0.4 is 14.4 Å². The summed E-state index contributed by atoms with van der Waals surface area (Å²) in [5.41, 5.74) is 2.74. The third-order valence-electron chi connectivity index (χ3n) is 3.77. The Hall–Kier alpha value is -2.82. The number of hydrogen-bond acceptors (Lipinski definition) is 4. The second-order valence-electron chi connectivity index (χ2n) is 5.14. The molecule has 0 fully saturated rings. The Morgan fingerprint density at radius 1 is 1.04 bits per heavy atom. The van der Waals surface area contributed by atoms with Crippen molar-refractivity contribution in [3.63, 3.8) is 0 Å². The largest absolute Gasteiger partial charge is 0.481 e. The van der Waals surface area contributed by atoms with Crippen molar-refractivity contribution in [2.24, 2.45) is 0 Å². The van der Waals surface area contributed by atoms with E-state index in [4.69, 9.17) is 9.47 Å². The van der Waals surface area contributed by atoms with E-state index in [9.17, 15) is 4.79 Å². The first-order valence-electron chi connectivity index (χ1n) is 7.40. The Kier molecular flexibility index (Phi) is 4.28. The fourth-order valence-corrected chi connectivity index (χ4v) is 2.58. The first kappa shape index (κ1) is 15.1. The van der Waals surface area contributed by atoms with Gasteiger partial charge in [-0.25, -0.2) is 0 Å². The van der Waals surface area contributed by atoms with Crippen LogP contribution in [0, 0.1) is 0 Å². The van der Waals surface area contributed by atoms with Gasteiger partial charge in [-0.05, 0) is 36.3 Å². The molecule has 0 unspecified atom stereocenters. The van der Waals surface area contributed by atoms with E-state index >= 15 is 0 Å². The smallest absolute Gasteiger partial charge is 0.250 e. The highest BCUT2D eigenvalue weighted by molar-refractivity contribution is 6.02. The molecule has 0 spiro atoms. The number of nitrogens with zero attached hydrogens (tertiary/aromatic N) is 2. The second kappa shape index (κ2) is 6.52. The predicted molar refractivity (Wildman–Crippen MR) is 88.9 cm³/mol. The predicted octanol–water partition coefficient (Wildman–Crippen LogP) is 3.06. The number of methoxy groups -OCH3 is 2. The maximum Gasteiger partial charge on any atom is 0.250 e. The van der Waals surface area contributed by atoms with E-state index in [2.05, 4.69) is 4.98 Å². The van der Waals surface area contributed by atoms with Crippen LogP contribution in [-0.2, 0) is 4.79 Å². The summed E-state index contributed by atoms with van der Waals surface area (Å²) in [6, 6.07) is 11.5. The molecular weight excluding hydrogens is 292 g/mol. The molecule has 0 atom stereocenters. The normalized spacial score (nSPS) is 14.0. The Morgan fingerprint density at radius 2 is 1.83 bits per heavy atom. The molecule has 0 aliphatic carbocycles. The number of pyridine rings is 1. The monoisotopic (exact) mass is 310 g/mol. The summed E-state index contributed by atoms with van der Waals surface area (Å²) in [6.45, 7) is 0.710. The molecule has 1 aromatic heterocycles. The number of aromatic nitrogens is 1. The van der Waals surface area contributed by atoms with E-state index in [1.165, 1.54) is 0 Å². The Labute approximate surface area is 135 Å². The van der Waals surface area contributed by atoms with Gasteiger partial charge in [0.25, 0.3) is 5.91 Å². The molecule has 0 bridgehead atoms. The molecule has 0 saturated carbocycles. The molecule has 1 aliphatic rings. The zero-order valence-electron chi connectivity index (χ0n) is 13.2. The molecule has 5 nitrogen and oxygen atoms in total. The minimum absolute atomic E-state index is 0.0210. The van der Waals surface area contributed by atoms with Gasteiger partial charge in [0.15, 0.2) is 0 Å². The third-order valence-corrected chi connectivity index (χ3v) is 3.77. The van der Waals surface area contributed by atoms with Crippen LogP contribution in [0.5, 0.6) is 11.8 Å². The second-order valence-corrected chi connectivity index (χ2v) is 5.14. The van der Waals surface area contributed by atoms with E-state index in [1.807, 2.05) is 36.4 Å². The molecule has 0 saturated heterocycles. The quantitative estimate of drug-likeness (QED) is 0.871. The minimum Gasteiger partial charge on any atom is -0.481 e. The molecule has 118 valence electrons. The highest BCUT2D eigenvalue weighted by atomic mass is 16.5. The number of rotatable bonds is 4. The lowest BCUT2D eigenvalue weighted by atomic mass is 10.1. The summed E-state index contributed by atoms with van der Waals surface area (Å²) in [6.07, 6.45) is 4.40. The van der Waals surface area contributed by atoms with E-state index < -0.39 is 0 Å². The summed E-state index contributed by atoms with van der Waals surface area (Å²) in [5.74, 6) is 1.04. The summed E-state index contributed by atoms with van der Waals surface area (Å²) in [7, 11) is 3.15. The standard InChI is InChI=1S/C18H18N2O3/c1-22-16-11-10-15(18(19-16)23-2)13-6-8-14(9-7-13)20-12-4-3-5-17(20)21/h3,5-11H,4,12H2,1-2H3. The van der Waals surface area contributed by atoms with Gasteiger partial charge in [0, 0.05) is 23.9 Å². The number of anilines is 1. The first-order chi connectivity index (χ1) is 11.2. The van der Waals surface area contributed by atoms with E-state index in [0.717, 1.165) is 23.2 Å². The van der Waals surface area contributed by atoms with Gasteiger partial charge in [-0.2, -0.15) is 4.98 Å². The summed E-state index contributed by atoms with van der Waals surface area (Å²) in [5, 5.41) is 0. The van der Waals surface area contributed by atoms with Crippen LogP contribution >= 0.6 is 0 Å². The molecule has 0 radical (unpaired) electrons.